The van der Waals surface area contributed by atoms with Crippen molar-refractivity contribution < 1.29 is 9.18 Å². The number of carbonyl (C=O) groups is 1. The molecule has 0 aliphatic rings. The third-order valence-corrected chi connectivity index (χ3v) is 4.16. The molecule has 24 heavy (non-hydrogen) atoms. The van der Waals surface area contributed by atoms with Gasteiger partial charge in [-0.1, -0.05) is 11.3 Å². The van der Waals surface area contributed by atoms with Crippen molar-refractivity contribution in [1.82, 2.24) is 15.3 Å². The first-order valence-electron chi connectivity index (χ1n) is 7.12. The average molecular weight is 341 g/mol. The van der Waals surface area contributed by atoms with Crippen LogP contribution in [0.25, 0.3) is 21.3 Å². The summed E-state index contributed by atoms with van der Waals surface area (Å²) in [4.78, 5) is 19.8. The molecule has 2 heterocycles. The van der Waals surface area contributed by atoms with Crippen molar-refractivity contribution in [3.05, 3.63) is 42.0 Å². The van der Waals surface area contributed by atoms with Crippen LogP contribution in [-0.2, 0) is 0 Å². The van der Waals surface area contributed by atoms with Crippen LogP contribution in [-0.4, -0.2) is 22.5 Å². The molecule has 0 aliphatic carbocycles. The Morgan fingerprint density at radius 3 is 2.92 bits per heavy atom. The number of aromatic nitrogens is 2. The number of amides is 2. The van der Waals surface area contributed by atoms with Crippen LogP contribution in [0.3, 0.4) is 0 Å². The summed E-state index contributed by atoms with van der Waals surface area (Å²) < 4.78 is 15.0. The van der Waals surface area contributed by atoms with Gasteiger partial charge in [-0.3, -0.25) is 5.32 Å². The fraction of sp³-hybridized carbons (Fsp3) is 0.125. The van der Waals surface area contributed by atoms with Gasteiger partial charge in [-0.15, -0.1) is 0 Å². The topological polar surface area (TPSA) is 90.7 Å². The molecule has 120 valence electrons. The lowest BCUT2D eigenvalue weighted by Crippen LogP contribution is -2.28. The molecule has 0 radical (unpaired) electrons. The van der Waals surface area contributed by atoms with Gasteiger partial charge in [-0.05, 0) is 31.2 Å². The standard InChI is InChI=1S/C16H12FN5OS/c1-2-19-15(23)22-16-21-13-5-11(12(17)6-14(13)24-16)9-3-4-10(7-18)20-8-9/h3-6,8H,2H2,1H3,(H2,19,21,22,23). The molecule has 0 atom stereocenters. The van der Waals surface area contributed by atoms with Crippen molar-refractivity contribution in [2.75, 3.05) is 11.9 Å². The zero-order valence-electron chi connectivity index (χ0n) is 12.6. The SMILES string of the molecule is CCNC(=O)Nc1nc2cc(-c3ccc(C#N)nc3)c(F)cc2s1. The maximum Gasteiger partial charge on any atom is 0.321 e. The highest BCUT2D eigenvalue weighted by molar-refractivity contribution is 7.22. The Morgan fingerprint density at radius 1 is 1.42 bits per heavy atom. The predicted octanol–water partition coefficient (Wildman–Crippen LogP) is 3.51. The Kier molecular flexibility index (Phi) is 4.35. The third kappa shape index (κ3) is 3.16. The summed E-state index contributed by atoms with van der Waals surface area (Å²) in [7, 11) is 0. The lowest BCUT2D eigenvalue weighted by atomic mass is 10.1. The number of thiazole rings is 1. The zero-order valence-corrected chi connectivity index (χ0v) is 13.4. The third-order valence-electron chi connectivity index (χ3n) is 3.22. The Morgan fingerprint density at radius 2 is 2.25 bits per heavy atom. The number of halogens is 1. The molecular formula is C16H12FN5OS. The molecule has 0 saturated carbocycles. The minimum atomic E-state index is -0.415. The van der Waals surface area contributed by atoms with Gasteiger partial charge in [0.05, 0.1) is 10.2 Å². The molecule has 8 heteroatoms. The van der Waals surface area contributed by atoms with Crippen molar-refractivity contribution in [2.24, 2.45) is 0 Å². The van der Waals surface area contributed by atoms with Gasteiger partial charge in [0.15, 0.2) is 5.13 Å². The van der Waals surface area contributed by atoms with Crippen LogP contribution >= 0.6 is 11.3 Å². The number of hydrogen-bond donors (Lipinski definition) is 2. The van der Waals surface area contributed by atoms with Crippen LogP contribution < -0.4 is 10.6 Å². The van der Waals surface area contributed by atoms with Crippen molar-refractivity contribution in [3.8, 4) is 17.2 Å². The van der Waals surface area contributed by atoms with E-state index in [1.807, 2.05) is 13.0 Å². The van der Waals surface area contributed by atoms with Gasteiger partial charge in [0.25, 0.3) is 0 Å². The Hall–Kier alpha value is -3.05. The number of fused-ring (bicyclic) bond motifs is 1. The minimum Gasteiger partial charge on any atom is -0.338 e. The second kappa shape index (κ2) is 6.60. The van der Waals surface area contributed by atoms with Crippen LogP contribution in [0.5, 0.6) is 0 Å². The maximum absolute atomic E-state index is 14.4. The first kappa shape index (κ1) is 15.8. The first-order valence-corrected chi connectivity index (χ1v) is 7.94. The second-order valence-corrected chi connectivity index (χ2v) is 5.88. The summed E-state index contributed by atoms with van der Waals surface area (Å²) in [6.45, 7) is 2.31. The highest BCUT2D eigenvalue weighted by Crippen LogP contribution is 2.32. The maximum atomic E-state index is 14.4. The molecule has 3 aromatic rings. The molecule has 6 nitrogen and oxygen atoms in total. The quantitative estimate of drug-likeness (QED) is 0.763. The van der Waals surface area contributed by atoms with E-state index in [-0.39, 0.29) is 11.7 Å². The second-order valence-electron chi connectivity index (χ2n) is 4.85. The summed E-state index contributed by atoms with van der Waals surface area (Å²) in [5.41, 5.74) is 1.74. The highest BCUT2D eigenvalue weighted by atomic mass is 32.1. The van der Waals surface area contributed by atoms with Crippen molar-refractivity contribution in [1.29, 1.82) is 5.26 Å². The molecule has 2 N–H and O–H groups in total. The van der Waals surface area contributed by atoms with Gasteiger partial charge < -0.3 is 5.32 Å². The van der Waals surface area contributed by atoms with E-state index in [4.69, 9.17) is 5.26 Å². The molecule has 0 aliphatic heterocycles. The number of nitrogens with zero attached hydrogens (tertiary/aromatic N) is 3. The van der Waals surface area contributed by atoms with E-state index < -0.39 is 5.82 Å². The number of carbonyl (C=O) groups excluding carboxylic acids is 1. The smallest absolute Gasteiger partial charge is 0.321 e. The van der Waals surface area contributed by atoms with Crippen LogP contribution in [0.1, 0.15) is 12.6 Å². The van der Waals surface area contributed by atoms with E-state index in [9.17, 15) is 9.18 Å². The Balaban J connectivity index is 1.96. The summed E-state index contributed by atoms with van der Waals surface area (Å²) in [5.74, 6) is -0.415. The molecule has 0 fully saturated rings. The normalized spacial score (nSPS) is 10.4. The van der Waals surface area contributed by atoms with Gasteiger partial charge in [-0.2, -0.15) is 5.26 Å². The minimum absolute atomic E-state index is 0.266. The van der Waals surface area contributed by atoms with Gasteiger partial charge >= 0.3 is 6.03 Å². The van der Waals surface area contributed by atoms with Crippen molar-refractivity contribution >= 4 is 32.7 Å². The van der Waals surface area contributed by atoms with Gasteiger partial charge in [0, 0.05) is 23.9 Å². The summed E-state index contributed by atoms with van der Waals surface area (Å²) in [6.07, 6.45) is 1.45. The first-order chi connectivity index (χ1) is 11.6. The largest absolute Gasteiger partial charge is 0.338 e. The van der Waals surface area contributed by atoms with Crippen LogP contribution in [0.15, 0.2) is 30.5 Å². The van der Waals surface area contributed by atoms with E-state index >= 15 is 0 Å². The predicted molar refractivity (Wildman–Crippen MR) is 90.2 cm³/mol. The summed E-state index contributed by atoms with van der Waals surface area (Å²) in [6, 6.07) is 7.71. The number of urea groups is 1. The Bertz CT molecular complexity index is 945. The van der Waals surface area contributed by atoms with Crippen molar-refractivity contribution in [3.63, 3.8) is 0 Å². The van der Waals surface area contributed by atoms with E-state index in [0.717, 1.165) is 0 Å². The molecule has 0 spiro atoms. The lowest BCUT2D eigenvalue weighted by Gasteiger charge is -2.03. The van der Waals surface area contributed by atoms with Crippen molar-refractivity contribution in [2.45, 2.75) is 6.92 Å². The molecule has 0 bridgehead atoms. The molecule has 0 unspecified atom stereocenters. The zero-order chi connectivity index (χ0) is 17.1. The fourth-order valence-corrected chi connectivity index (χ4v) is 3.01. The number of rotatable bonds is 3. The summed E-state index contributed by atoms with van der Waals surface area (Å²) in [5, 5.41) is 14.4. The molecule has 3 rings (SSSR count). The van der Waals surface area contributed by atoms with E-state index in [1.54, 1.807) is 12.1 Å². The number of pyridine rings is 1. The van der Waals surface area contributed by atoms with E-state index in [1.165, 1.54) is 29.7 Å². The lowest BCUT2D eigenvalue weighted by molar-refractivity contribution is 0.252. The monoisotopic (exact) mass is 341 g/mol. The molecule has 2 amide bonds. The number of nitriles is 1. The average Bonchev–Trinajstić information content (AvgIpc) is 2.95. The van der Waals surface area contributed by atoms with E-state index in [2.05, 4.69) is 20.6 Å². The van der Waals surface area contributed by atoms with Crippen LogP contribution in [0.2, 0.25) is 0 Å². The van der Waals surface area contributed by atoms with Gasteiger partial charge in [0.2, 0.25) is 0 Å². The Labute approximate surface area is 141 Å². The number of anilines is 1. The number of hydrogen-bond acceptors (Lipinski definition) is 5. The van der Waals surface area contributed by atoms with Gasteiger partial charge in [0.1, 0.15) is 17.6 Å². The highest BCUT2D eigenvalue weighted by Gasteiger charge is 2.13. The van der Waals surface area contributed by atoms with Crippen LogP contribution in [0, 0.1) is 17.1 Å². The summed E-state index contributed by atoms with van der Waals surface area (Å²) >= 11 is 1.19. The fourth-order valence-electron chi connectivity index (χ4n) is 2.14. The van der Waals surface area contributed by atoms with Gasteiger partial charge in [-0.25, -0.2) is 19.2 Å². The molecule has 1 aromatic carbocycles. The van der Waals surface area contributed by atoms with E-state index in [0.29, 0.717) is 33.0 Å². The molecule has 2 aromatic heterocycles. The number of benzene rings is 1. The van der Waals surface area contributed by atoms with Crippen LogP contribution in [0.4, 0.5) is 14.3 Å². The molecule has 0 saturated heterocycles. The number of nitrogens with one attached hydrogen (secondary N) is 2. The molecular weight excluding hydrogens is 329 g/mol.